The van der Waals surface area contributed by atoms with E-state index < -0.39 is 12.1 Å². The van der Waals surface area contributed by atoms with Gasteiger partial charge in [-0.15, -0.1) is 0 Å². The maximum absolute atomic E-state index is 12.0. The third-order valence-electron chi connectivity index (χ3n) is 9.79. The van der Waals surface area contributed by atoms with Crippen molar-refractivity contribution >= 4 is 11.8 Å². The summed E-state index contributed by atoms with van der Waals surface area (Å²) in [7, 11) is 1.34. The van der Waals surface area contributed by atoms with Crippen molar-refractivity contribution in [1.29, 1.82) is 0 Å². The number of allylic oxidation sites excluding steroid dienone is 1. The maximum Gasteiger partial charge on any atom is 0.334 e. The number of carbonyl (C=O) groups is 2. The van der Waals surface area contributed by atoms with E-state index in [1.165, 1.54) is 44.8 Å². The fourth-order valence-electron chi connectivity index (χ4n) is 8.28. The molecule has 0 saturated heterocycles. The molecule has 4 heteroatoms. The number of rotatable bonds is 4. The summed E-state index contributed by atoms with van der Waals surface area (Å²) in [4.78, 5) is 23.7. The van der Waals surface area contributed by atoms with Gasteiger partial charge in [-0.3, -0.25) is 4.79 Å². The molecule has 4 rings (SSSR count). The van der Waals surface area contributed by atoms with Crippen LogP contribution in [0.1, 0.15) is 78.6 Å². The summed E-state index contributed by atoms with van der Waals surface area (Å²) in [5.41, 5.74) is 1.96. The van der Waals surface area contributed by atoms with Crippen molar-refractivity contribution in [1.82, 2.24) is 0 Å². The predicted octanol–water partition coefficient (Wildman–Crippen LogP) is 4.69. The molecule has 0 radical (unpaired) electrons. The smallest absolute Gasteiger partial charge is 0.334 e. The number of ketones is 1. The van der Waals surface area contributed by atoms with Crippen LogP contribution in [0, 0.1) is 40.4 Å². The average Bonchev–Trinajstić information content (AvgIpc) is 3.05. The summed E-state index contributed by atoms with van der Waals surface area (Å²) < 4.78 is 4.73. The van der Waals surface area contributed by atoms with E-state index in [1.807, 2.05) is 6.08 Å². The highest BCUT2D eigenvalue weighted by atomic mass is 16.5. The molecule has 4 aliphatic rings. The Morgan fingerprint density at radius 1 is 1.17 bits per heavy atom. The van der Waals surface area contributed by atoms with Crippen molar-refractivity contribution in [3.8, 4) is 0 Å². The van der Waals surface area contributed by atoms with E-state index in [-0.39, 0.29) is 5.41 Å². The second kappa shape index (κ2) is 7.51. The molecule has 0 aromatic heterocycles. The Labute approximate surface area is 175 Å². The standard InChI is InChI=1S/C25H38O4/c1-15(13-22(27)23(28)29-4)19-7-8-20-18-6-5-16-14-17(26)9-11-24(16,2)21(18)10-12-25(19,20)3/h14-15,18-22,27H,5-13H2,1-4H3/t15-,18?,19-,20?,21?,22?,24+,25-/m1/s1. The molecule has 8 atom stereocenters. The van der Waals surface area contributed by atoms with Crippen molar-refractivity contribution < 1.29 is 19.4 Å². The number of ether oxygens (including phenoxy) is 1. The van der Waals surface area contributed by atoms with Gasteiger partial charge in [-0.1, -0.05) is 26.3 Å². The van der Waals surface area contributed by atoms with Gasteiger partial charge in [0.25, 0.3) is 0 Å². The summed E-state index contributed by atoms with van der Waals surface area (Å²) in [5.74, 6) is 2.90. The number of fused-ring (bicyclic) bond motifs is 5. The highest BCUT2D eigenvalue weighted by Crippen LogP contribution is 2.67. The number of hydrogen-bond acceptors (Lipinski definition) is 4. The minimum atomic E-state index is -1.00. The summed E-state index contributed by atoms with van der Waals surface area (Å²) in [6, 6.07) is 0. The molecule has 4 nitrogen and oxygen atoms in total. The van der Waals surface area contributed by atoms with Crippen LogP contribution < -0.4 is 0 Å². The van der Waals surface area contributed by atoms with Gasteiger partial charge in [0.15, 0.2) is 11.9 Å². The number of carbonyl (C=O) groups excluding carboxylic acids is 2. The van der Waals surface area contributed by atoms with Crippen molar-refractivity contribution in [3.05, 3.63) is 11.6 Å². The lowest BCUT2D eigenvalue weighted by molar-refractivity contribution is -0.151. The van der Waals surface area contributed by atoms with Crippen molar-refractivity contribution in [2.45, 2.75) is 84.7 Å². The fourth-order valence-corrected chi connectivity index (χ4v) is 8.28. The lowest BCUT2D eigenvalue weighted by Gasteiger charge is -2.58. The predicted molar refractivity (Wildman–Crippen MR) is 112 cm³/mol. The van der Waals surface area contributed by atoms with Crippen LogP contribution in [-0.4, -0.2) is 30.1 Å². The van der Waals surface area contributed by atoms with E-state index in [4.69, 9.17) is 4.74 Å². The normalized spacial score (nSPS) is 43.5. The monoisotopic (exact) mass is 402 g/mol. The average molecular weight is 403 g/mol. The van der Waals surface area contributed by atoms with E-state index >= 15 is 0 Å². The molecule has 0 amide bonds. The fraction of sp³-hybridized carbons (Fsp3) is 0.840. The lowest BCUT2D eigenvalue weighted by Crippen LogP contribution is -2.51. The summed E-state index contributed by atoms with van der Waals surface area (Å²) in [5, 5.41) is 10.2. The first kappa shape index (κ1) is 21.1. The number of esters is 1. The molecule has 3 fully saturated rings. The molecule has 4 unspecified atom stereocenters. The highest BCUT2D eigenvalue weighted by Gasteiger charge is 2.59. The molecular weight excluding hydrogens is 364 g/mol. The molecule has 0 aliphatic heterocycles. The zero-order valence-electron chi connectivity index (χ0n) is 18.6. The third kappa shape index (κ3) is 3.30. The first-order chi connectivity index (χ1) is 13.7. The molecule has 0 aromatic rings. The Bertz CT molecular complexity index is 712. The first-order valence-corrected chi connectivity index (χ1v) is 11.7. The first-order valence-electron chi connectivity index (χ1n) is 11.7. The molecule has 162 valence electrons. The largest absolute Gasteiger partial charge is 0.467 e. The highest BCUT2D eigenvalue weighted by molar-refractivity contribution is 5.91. The Hall–Kier alpha value is -1.16. The van der Waals surface area contributed by atoms with Gasteiger partial charge in [0.05, 0.1) is 7.11 Å². The van der Waals surface area contributed by atoms with Crippen LogP contribution in [0.2, 0.25) is 0 Å². The second-order valence-corrected chi connectivity index (χ2v) is 10.9. The zero-order chi connectivity index (χ0) is 21.0. The molecule has 4 aliphatic carbocycles. The lowest BCUT2D eigenvalue weighted by atomic mass is 9.46. The van der Waals surface area contributed by atoms with Crippen molar-refractivity contribution in [2.75, 3.05) is 7.11 Å². The molecule has 1 N–H and O–H groups in total. The van der Waals surface area contributed by atoms with Crippen LogP contribution in [0.5, 0.6) is 0 Å². The van der Waals surface area contributed by atoms with E-state index in [9.17, 15) is 14.7 Å². The molecule has 0 heterocycles. The van der Waals surface area contributed by atoms with Crippen LogP contribution in [0.3, 0.4) is 0 Å². The van der Waals surface area contributed by atoms with E-state index in [1.54, 1.807) is 0 Å². The van der Waals surface area contributed by atoms with Gasteiger partial charge >= 0.3 is 5.97 Å². The molecular formula is C25H38O4. The van der Waals surface area contributed by atoms with E-state index in [2.05, 4.69) is 20.8 Å². The summed E-state index contributed by atoms with van der Waals surface area (Å²) in [6.45, 7) is 7.14. The van der Waals surface area contributed by atoms with Crippen LogP contribution in [0.15, 0.2) is 11.6 Å². The topological polar surface area (TPSA) is 63.6 Å². The quantitative estimate of drug-likeness (QED) is 0.693. The van der Waals surface area contributed by atoms with E-state index in [0.717, 1.165) is 31.1 Å². The summed E-state index contributed by atoms with van der Waals surface area (Å²) in [6.07, 6.45) is 10.5. The number of aliphatic hydroxyl groups excluding tert-OH is 1. The SMILES string of the molecule is COC(=O)C(O)C[C@@H](C)[C@H]1CCC2C3CCC4=CC(=O)CC[C@]4(C)C3CC[C@@]21C. The number of methoxy groups -OCH3 is 1. The van der Waals surface area contributed by atoms with Gasteiger partial charge < -0.3 is 9.84 Å². The molecule has 0 spiro atoms. The molecule has 0 aromatic carbocycles. The van der Waals surface area contributed by atoms with E-state index in [0.29, 0.717) is 35.4 Å². The van der Waals surface area contributed by atoms with Gasteiger partial charge in [0.2, 0.25) is 0 Å². The van der Waals surface area contributed by atoms with Crippen LogP contribution in [0.25, 0.3) is 0 Å². The van der Waals surface area contributed by atoms with Gasteiger partial charge in [-0.2, -0.15) is 0 Å². The number of aliphatic hydroxyl groups is 1. The van der Waals surface area contributed by atoms with Crippen LogP contribution >= 0.6 is 0 Å². The molecule has 0 bridgehead atoms. The van der Waals surface area contributed by atoms with Crippen LogP contribution in [-0.2, 0) is 14.3 Å². The second-order valence-electron chi connectivity index (χ2n) is 10.9. The van der Waals surface area contributed by atoms with Gasteiger partial charge in [-0.25, -0.2) is 4.79 Å². The van der Waals surface area contributed by atoms with Crippen molar-refractivity contribution in [3.63, 3.8) is 0 Å². The molecule has 3 saturated carbocycles. The Kier molecular flexibility index (Phi) is 5.46. The van der Waals surface area contributed by atoms with Gasteiger partial charge in [0, 0.05) is 6.42 Å². The van der Waals surface area contributed by atoms with Gasteiger partial charge in [0.1, 0.15) is 0 Å². The minimum Gasteiger partial charge on any atom is -0.467 e. The Morgan fingerprint density at radius 3 is 2.66 bits per heavy atom. The molecule has 29 heavy (non-hydrogen) atoms. The summed E-state index contributed by atoms with van der Waals surface area (Å²) >= 11 is 0. The number of hydrogen-bond donors (Lipinski definition) is 1. The van der Waals surface area contributed by atoms with Crippen molar-refractivity contribution in [2.24, 2.45) is 40.4 Å². The Balaban J connectivity index is 1.52. The Morgan fingerprint density at radius 2 is 1.93 bits per heavy atom. The van der Waals surface area contributed by atoms with Crippen LogP contribution in [0.4, 0.5) is 0 Å². The minimum absolute atomic E-state index is 0.225. The third-order valence-corrected chi connectivity index (χ3v) is 9.79. The van der Waals surface area contributed by atoms with Gasteiger partial charge in [-0.05, 0) is 97.9 Å². The zero-order valence-corrected chi connectivity index (χ0v) is 18.6. The maximum atomic E-state index is 12.0.